The quantitative estimate of drug-likeness (QED) is 0.891. The highest BCUT2D eigenvalue weighted by Crippen LogP contribution is 2.22. The summed E-state index contributed by atoms with van der Waals surface area (Å²) >= 11 is 5.82. The molecule has 0 radical (unpaired) electrons. The molecule has 1 N–H and O–H groups in total. The Labute approximate surface area is 103 Å². The predicted molar refractivity (Wildman–Crippen MR) is 64.3 cm³/mol. The van der Waals surface area contributed by atoms with Crippen molar-refractivity contribution in [3.05, 3.63) is 45.3 Å². The molecule has 0 aliphatic rings. The van der Waals surface area contributed by atoms with E-state index in [-0.39, 0.29) is 17.3 Å². The molecule has 0 atom stereocenters. The van der Waals surface area contributed by atoms with Crippen LogP contribution in [0.5, 0.6) is 5.88 Å². The van der Waals surface area contributed by atoms with Crippen molar-refractivity contribution in [3.8, 4) is 17.3 Å². The van der Waals surface area contributed by atoms with E-state index in [0.717, 1.165) is 0 Å². The van der Waals surface area contributed by atoms with Crippen molar-refractivity contribution >= 4 is 11.6 Å². The van der Waals surface area contributed by atoms with Crippen LogP contribution in [0.1, 0.15) is 12.5 Å². The van der Waals surface area contributed by atoms with E-state index in [2.05, 4.69) is 4.98 Å². The second-order valence-corrected chi connectivity index (χ2v) is 3.91. The third-order valence-electron chi connectivity index (χ3n) is 2.34. The van der Waals surface area contributed by atoms with Gasteiger partial charge in [-0.1, -0.05) is 24.6 Å². The predicted octanol–water partition coefficient (Wildman–Crippen LogP) is 2.62. The first kappa shape index (κ1) is 11.7. The van der Waals surface area contributed by atoms with Crippen LogP contribution in [-0.2, 0) is 6.42 Å². The van der Waals surface area contributed by atoms with Gasteiger partial charge in [0.2, 0.25) is 11.8 Å². The Kier molecular flexibility index (Phi) is 3.15. The highest BCUT2D eigenvalue weighted by molar-refractivity contribution is 6.30. The summed E-state index contributed by atoms with van der Waals surface area (Å²) in [5.41, 5.74) is 0.151. The van der Waals surface area contributed by atoms with Crippen LogP contribution in [0.15, 0.2) is 33.5 Å². The Morgan fingerprint density at radius 1 is 1.47 bits per heavy atom. The first-order valence-electron chi connectivity index (χ1n) is 5.10. The topological polar surface area (TPSA) is 63.3 Å². The Hall–Kier alpha value is -1.81. The molecule has 88 valence electrons. The Balaban J connectivity index is 2.58. The van der Waals surface area contributed by atoms with Crippen molar-refractivity contribution in [2.75, 3.05) is 0 Å². The van der Waals surface area contributed by atoms with Gasteiger partial charge < -0.3 is 9.52 Å². The molecular formula is C12H10ClNO3. The third-order valence-corrected chi connectivity index (χ3v) is 2.57. The molecule has 0 amide bonds. The van der Waals surface area contributed by atoms with Crippen LogP contribution in [0.2, 0.25) is 5.02 Å². The maximum Gasteiger partial charge on any atom is 0.346 e. The van der Waals surface area contributed by atoms with Crippen LogP contribution in [0.25, 0.3) is 11.5 Å². The molecule has 0 bridgehead atoms. The summed E-state index contributed by atoms with van der Waals surface area (Å²) < 4.78 is 5.04. The lowest BCUT2D eigenvalue weighted by Gasteiger charge is -2.03. The van der Waals surface area contributed by atoms with Gasteiger partial charge in [-0.3, -0.25) is 0 Å². The van der Waals surface area contributed by atoms with E-state index in [9.17, 15) is 9.90 Å². The van der Waals surface area contributed by atoms with Crippen molar-refractivity contribution < 1.29 is 9.52 Å². The van der Waals surface area contributed by atoms with Gasteiger partial charge in [-0.2, -0.15) is 4.98 Å². The molecule has 0 aliphatic carbocycles. The van der Waals surface area contributed by atoms with Crippen LogP contribution >= 0.6 is 11.6 Å². The van der Waals surface area contributed by atoms with Gasteiger partial charge in [0.1, 0.15) is 0 Å². The molecule has 0 saturated carbocycles. The van der Waals surface area contributed by atoms with E-state index in [1.807, 2.05) is 0 Å². The highest BCUT2D eigenvalue weighted by atomic mass is 35.5. The number of halogens is 1. The zero-order valence-electron chi connectivity index (χ0n) is 9.11. The van der Waals surface area contributed by atoms with Crippen LogP contribution in [-0.4, -0.2) is 10.1 Å². The Morgan fingerprint density at radius 3 is 2.82 bits per heavy atom. The third kappa shape index (κ3) is 2.31. The lowest BCUT2D eigenvalue weighted by atomic mass is 10.2. The van der Waals surface area contributed by atoms with Crippen molar-refractivity contribution in [1.29, 1.82) is 0 Å². The fourth-order valence-corrected chi connectivity index (χ4v) is 1.66. The number of rotatable bonds is 2. The molecule has 0 saturated heterocycles. The number of aromatic hydroxyl groups is 1. The van der Waals surface area contributed by atoms with E-state index >= 15 is 0 Å². The number of hydrogen-bond donors (Lipinski definition) is 1. The monoisotopic (exact) mass is 251 g/mol. The zero-order chi connectivity index (χ0) is 12.4. The maximum atomic E-state index is 11.6. The average Bonchev–Trinajstić information content (AvgIpc) is 2.28. The molecule has 17 heavy (non-hydrogen) atoms. The fraction of sp³-hybridized carbons (Fsp3) is 0.167. The van der Waals surface area contributed by atoms with Gasteiger partial charge in [0.25, 0.3) is 0 Å². The molecule has 0 aliphatic heterocycles. The van der Waals surface area contributed by atoms with Crippen LogP contribution in [0.4, 0.5) is 0 Å². The van der Waals surface area contributed by atoms with E-state index in [0.29, 0.717) is 17.0 Å². The van der Waals surface area contributed by atoms with Crippen LogP contribution < -0.4 is 5.63 Å². The summed E-state index contributed by atoms with van der Waals surface area (Å²) in [4.78, 5) is 15.4. The molecule has 1 aromatic heterocycles. The van der Waals surface area contributed by atoms with Crippen LogP contribution in [0, 0.1) is 0 Å². The van der Waals surface area contributed by atoms with Gasteiger partial charge in [-0.15, -0.1) is 0 Å². The van der Waals surface area contributed by atoms with Gasteiger partial charge >= 0.3 is 5.63 Å². The first-order valence-corrected chi connectivity index (χ1v) is 5.48. The summed E-state index contributed by atoms with van der Waals surface area (Å²) in [5.74, 6) is -0.231. The fourth-order valence-electron chi connectivity index (χ4n) is 1.47. The molecule has 5 heteroatoms. The molecular weight excluding hydrogens is 242 g/mol. The summed E-state index contributed by atoms with van der Waals surface area (Å²) in [6.07, 6.45) is 0.372. The Morgan fingerprint density at radius 2 is 2.24 bits per heavy atom. The summed E-state index contributed by atoms with van der Waals surface area (Å²) in [6, 6.07) is 6.72. The minimum absolute atomic E-state index is 0.0622. The molecule has 2 rings (SSSR count). The molecule has 4 nitrogen and oxygen atoms in total. The molecule has 0 fully saturated rings. The average molecular weight is 252 g/mol. The van der Waals surface area contributed by atoms with Gasteiger partial charge in [0, 0.05) is 10.6 Å². The lowest BCUT2D eigenvalue weighted by Crippen LogP contribution is -2.08. The van der Waals surface area contributed by atoms with Gasteiger partial charge in [-0.05, 0) is 24.6 Å². The van der Waals surface area contributed by atoms with Crippen molar-refractivity contribution in [2.24, 2.45) is 0 Å². The summed E-state index contributed by atoms with van der Waals surface area (Å²) in [5, 5.41) is 10.1. The van der Waals surface area contributed by atoms with Crippen molar-refractivity contribution in [3.63, 3.8) is 0 Å². The van der Waals surface area contributed by atoms with E-state index in [4.69, 9.17) is 16.0 Å². The molecule has 0 spiro atoms. The van der Waals surface area contributed by atoms with Crippen molar-refractivity contribution in [2.45, 2.75) is 13.3 Å². The molecule has 1 aromatic carbocycles. The lowest BCUT2D eigenvalue weighted by molar-refractivity contribution is 0.411. The van der Waals surface area contributed by atoms with E-state index in [1.165, 1.54) is 0 Å². The molecule has 0 unspecified atom stereocenters. The minimum Gasteiger partial charge on any atom is -0.493 e. The van der Waals surface area contributed by atoms with E-state index in [1.54, 1.807) is 31.2 Å². The molecule has 2 aromatic rings. The number of nitrogens with zero attached hydrogens (tertiary/aromatic N) is 1. The standard InChI is InChI=1S/C12H10ClNO3/c1-2-9-10(15)14-11(17-12(9)16)7-4-3-5-8(13)6-7/h3-6,15H,2H2,1H3. The number of benzene rings is 1. The normalized spacial score (nSPS) is 10.5. The van der Waals surface area contributed by atoms with E-state index < -0.39 is 5.63 Å². The maximum absolute atomic E-state index is 11.6. The smallest absolute Gasteiger partial charge is 0.346 e. The zero-order valence-corrected chi connectivity index (χ0v) is 9.86. The largest absolute Gasteiger partial charge is 0.493 e. The number of aromatic nitrogens is 1. The van der Waals surface area contributed by atoms with Gasteiger partial charge in [0.05, 0.1) is 5.56 Å². The Bertz CT molecular complexity index is 607. The minimum atomic E-state index is -0.574. The van der Waals surface area contributed by atoms with Gasteiger partial charge in [-0.25, -0.2) is 4.79 Å². The van der Waals surface area contributed by atoms with Gasteiger partial charge in [0.15, 0.2) is 0 Å². The summed E-state index contributed by atoms with van der Waals surface area (Å²) in [6.45, 7) is 1.74. The van der Waals surface area contributed by atoms with Crippen LogP contribution in [0.3, 0.4) is 0 Å². The SMILES string of the molecule is CCc1c(O)nc(-c2cccc(Cl)c2)oc1=O. The number of hydrogen-bond acceptors (Lipinski definition) is 4. The second kappa shape index (κ2) is 4.59. The first-order chi connectivity index (χ1) is 8.11. The van der Waals surface area contributed by atoms with Crippen molar-refractivity contribution in [1.82, 2.24) is 4.98 Å². The summed E-state index contributed by atoms with van der Waals surface area (Å²) in [7, 11) is 0. The molecule has 1 heterocycles. The highest BCUT2D eigenvalue weighted by Gasteiger charge is 2.12. The second-order valence-electron chi connectivity index (χ2n) is 3.47.